The van der Waals surface area contributed by atoms with Gasteiger partial charge in [-0.1, -0.05) is 0 Å². The number of hydrogen-bond donors (Lipinski definition) is 4. The van der Waals surface area contributed by atoms with Crippen LogP contribution in [-0.4, -0.2) is 52.4 Å². The number of hydrogen-bond acceptors (Lipinski definition) is 4. The molecule has 0 unspecified atom stereocenters. The maximum absolute atomic E-state index is 11.4. The third kappa shape index (κ3) is 5.85. The Kier molecular flexibility index (Phi) is 6.01. The van der Waals surface area contributed by atoms with Crippen LogP contribution in [0.1, 0.15) is 5.69 Å². The summed E-state index contributed by atoms with van der Waals surface area (Å²) in [5.74, 6) is -1.70. The number of nitrogens with one attached hydrogen (secondary N) is 3. The van der Waals surface area contributed by atoms with Crippen molar-refractivity contribution >= 4 is 17.9 Å². The van der Waals surface area contributed by atoms with E-state index < -0.39 is 24.5 Å². The van der Waals surface area contributed by atoms with Gasteiger partial charge in [0.25, 0.3) is 0 Å². The molecule has 0 fully saturated rings. The van der Waals surface area contributed by atoms with Crippen molar-refractivity contribution < 1.29 is 19.5 Å². The van der Waals surface area contributed by atoms with E-state index in [1.807, 2.05) is 13.1 Å². The van der Waals surface area contributed by atoms with Gasteiger partial charge in [-0.3, -0.25) is 14.3 Å². The zero-order valence-corrected chi connectivity index (χ0v) is 11.0. The van der Waals surface area contributed by atoms with Crippen molar-refractivity contribution in [3.63, 3.8) is 0 Å². The number of carboxylic acids is 1. The fraction of sp³-hybridized carbons (Fsp3) is 0.455. The largest absolute Gasteiger partial charge is 0.480 e. The molecule has 0 aliphatic carbocycles. The molecule has 20 heavy (non-hydrogen) atoms. The minimum Gasteiger partial charge on any atom is -0.480 e. The van der Waals surface area contributed by atoms with Gasteiger partial charge in [0.05, 0.1) is 6.54 Å². The highest BCUT2D eigenvalue weighted by atomic mass is 16.4. The highest BCUT2D eigenvalue weighted by Gasteiger charge is 2.06. The van der Waals surface area contributed by atoms with Gasteiger partial charge in [-0.2, -0.15) is 5.10 Å². The molecule has 3 amide bonds. The van der Waals surface area contributed by atoms with Gasteiger partial charge in [0.1, 0.15) is 6.54 Å². The second-order valence-corrected chi connectivity index (χ2v) is 3.98. The molecule has 0 bridgehead atoms. The summed E-state index contributed by atoms with van der Waals surface area (Å²) >= 11 is 0. The Hall–Kier alpha value is -2.58. The lowest BCUT2D eigenvalue weighted by Gasteiger charge is -2.07. The van der Waals surface area contributed by atoms with Crippen LogP contribution < -0.4 is 16.0 Å². The molecule has 1 aromatic rings. The maximum atomic E-state index is 11.4. The molecule has 0 atom stereocenters. The van der Waals surface area contributed by atoms with Gasteiger partial charge < -0.3 is 21.1 Å². The summed E-state index contributed by atoms with van der Waals surface area (Å²) in [6.45, 7) is -0.338. The summed E-state index contributed by atoms with van der Waals surface area (Å²) in [6, 6.07) is 1.36. The summed E-state index contributed by atoms with van der Waals surface area (Å²) in [7, 11) is 1.81. The highest BCUT2D eigenvalue weighted by molar-refractivity contribution is 5.86. The first kappa shape index (κ1) is 15.5. The smallest absolute Gasteiger partial charge is 0.322 e. The van der Waals surface area contributed by atoms with E-state index in [1.54, 1.807) is 10.9 Å². The van der Waals surface area contributed by atoms with Gasteiger partial charge in [0, 0.05) is 31.9 Å². The number of aliphatic carboxylic acids is 1. The summed E-state index contributed by atoms with van der Waals surface area (Å²) in [6.07, 6.45) is 2.29. The van der Waals surface area contributed by atoms with Crippen LogP contribution >= 0.6 is 0 Å². The Labute approximate surface area is 115 Å². The van der Waals surface area contributed by atoms with E-state index in [1.165, 1.54) is 0 Å². The molecule has 9 heteroatoms. The first-order valence-electron chi connectivity index (χ1n) is 5.96. The normalized spacial score (nSPS) is 9.85. The van der Waals surface area contributed by atoms with Crippen LogP contribution in [0.5, 0.6) is 0 Å². The fourth-order valence-electron chi connectivity index (χ4n) is 1.41. The molecule has 0 radical (unpaired) electrons. The number of urea groups is 1. The summed E-state index contributed by atoms with van der Waals surface area (Å²) in [5.41, 5.74) is 0.976. The second-order valence-electron chi connectivity index (χ2n) is 3.98. The van der Waals surface area contributed by atoms with E-state index in [4.69, 9.17) is 5.11 Å². The lowest BCUT2D eigenvalue weighted by Crippen LogP contribution is -2.43. The maximum Gasteiger partial charge on any atom is 0.322 e. The molecule has 110 valence electrons. The predicted octanol–water partition coefficient (Wildman–Crippen LogP) is -1.54. The molecule has 0 aromatic carbocycles. The van der Waals surface area contributed by atoms with Gasteiger partial charge in [-0.25, -0.2) is 4.79 Å². The van der Waals surface area contributed by atoms with Crippen LogP contribution in [0.15, 0.2) is 12.3 Å². The minimum atomic E-state index is -1.14. The number of amides is 3. The van der Waals surface area contributed by atoms with Crippen molar-refractivity contribution in [1.29, 1.82) is 0 Å². The zero-order chi connectivity index (χ0) is 15.0. The lowest BCUT2D eigenvalue weighted by molar-refractivity contribution is -0.137. The predicted molar refractivity (Wildman–Crippen MR) is 69.0 cm³/mol. The molecular weight excluding hydrogens is 266 g/mol. The number of nitrogens with zero attached hydrogens (tertiary/aromatic N) is 2. The quantitative estimate of drug-likeness (QED) is 0.483. The number of aryl methyl sites for hydroxylation is 1. The number of rotatable bonds is 7. The monoisotopic (exact) mass is 283 g/mol. The Bertz CT molecular complexity index is 485. The molecular formula is C11H17N5O4. The summed E-state index contributed by atoms with van der Waals surface area (Å²) in [5, 5.41) is 19.4. The Balaban J connectivity index is 2.13. The molecule has 0 spiro atoms. The number of carbonyl (C=O) groups excluding carboxylic acids is 2. The van der Waals surface area contributed by atoms with Gasteiger partial charge in [0.15, 0.2) is 0 Å². The number of carboxylic acid groups (broad SMARTS) is 1. The summed E-state index contributed by atoms with van der Waals surface area (Å²) in [4.78, 5) is 32.7. The van der Waals surface area contributed by atoms with Gasteiger partial charge in [0.2, 0.25) is 5.91 Å². The van der Waals surface area contributed by atoms with E-state index in [0.717, 1.165) is 5.69 Å². The van der Waals surface area contributed by atoms with Crippen molar-refractivity contribution in [2.45, 2.75) is 6.42 Å². The van der Waals surface area contributed by atoms with Crippen molar-refractivity contribution in [2.75, 3.05) is 19.6 Å². The van der Waals surface area contributed by atoms with Crippen LogP contribution in [0.4, 0.5) is 4.79 Å². The SMILES string of the molecule is Cn1nccc1CCNC(=O)NCC(=O)NCC(=O)O. The van der Waals surface area contributed by atoms with Crippen LogP contribution in [-0.2, 0) is 23.1 Å². The van der Waals surface area contributed by atoms with E-state index >= 15 is 0 Å². The standard InChI is InChI=1S/C11H17N5O4/c1-16-8(3-5-15-16)2-4-12-11(20)14-6-9(17)13-7-10(18)19/h3,5H,2,4,6-7H2,1H3,(H,13,17)(H,18,19)(H2,12,14,20). The van der Waals surface area contributed by atoms with Crippen LogP contribution in [0, 0.1) is 0 Å². The van der Waals surface area contributed by atoms with Gasteiger partial charge in [-0.05, 0) is 6.07 Å². The summed E-state index contributed by atoms with van der Waals surface area (Å²) < 4.78 is 1.71. The first-order chi connectivity index (χ1) is 9.49. The zero-order valence-electron chi connectivity index (χ0n) is 11.0. The molecule has 0 saturated heterocycles. The van der Waals surface area contributed by atoms with E-state index in [0.29, 0.717) is 13.0 Å². The minimum absolute atomic E-state index is 0.273. The fourth-order valence-corrected chi connectivity index (χ4v) is 1.41. The molecule has 9 nitrogen and oxygen atoms in total. The highest BCUT2D eigenvalue weighted by Crippen LogP contribution is 1.95. The molecule has 1 heterocycles. The molecule has 4 N–H and O–H groups in total. The van der Waals surface area contributed by atoms with Crippen LogP contribution in [0.3, 0.4) is 0 Å². The molecule has 0 aliphatic rings. The van der Waals surface area contributed by atoms with E-state index in [2.05, 4.69) is 21.0 Å². The second kappa shape index (κ2) is 7.77. The Morgan fingerprint density at radius 3 is 2.60 bits per heavy atom. The Morgan fingerprint density at radius 2 is 2.00 bits per heavy atom. The molecule has 1 rings (SSSR count). The van der Waals surface area contributed by atoms with Gasteiger partial charge in [-0.15, -0.1) is 0 Å². The first-order valence-corrected chi connectivity index (χ1v) is 5.96. The lowest BCUT2D eigenvalue weighted by atomic mass is 10.3. The topological polar surface area (TPSA) is 125 Å². The third-order valence-electron chi connectivity index (χ3n) is 2.44. The van der Waals surface area contributed by atoms with Crippen molar-refractivity contribution in [1.82, 2.24) is 25.7 Å². The molecule has 0 aliphatic heterocycles. The average Bonchev–Trinajstić information content (AvgIpc) is 2.79. The third-order valence-corrected chi connectivity index (χ3v) is 2.44. The van der Waals surface area contributed by atoms with E-state index in [-0.39, 0.29) is 6.54 Å². The number of carbonyl (C=O) groups is 3. The van der Waals surface area contributed by atoms with E-state index in [9.17, 15) is 14.4 Å². The number of aromatic nitrogens is 2. The average molecular weight is 283 g/mol. The van der Waals surface area contributed by atoms with Gasteiger partial charge >= 0.3 is 12.0 Å². The molecule has 0 saturated carbocycles. The van der Waals surface area contributed by atoms with Crippen LogP contribution in [0.25, 0.3) is 0 Å². The van der Waals surface area contributed by atoms with Crippen LogP contribution in [0.2, 0.25) is 0 Å². The van der Waals surface area contributed by atoms with Crippen molar-refractivity contribution in [3.05, 3.63) is 18.0 Å². The van der Waals surface area contributed by atoms with Crippen molar-refractivity contribution in [3.8, 4) is 0 Å². The Morgan fingerprint density at radius 1 is 1.25 bits per heavy atom. The molecule has 1 aromatic heterocycles. The van der Waals surface area contributed by atoms with Crippen molar-refractivity contribution in [2.24, 2.45) is 7.05 Å².